The van der Waals surface area contributed by atoms with E-state index in [2.05, 4.69) is 10.0 Å². The van der Waals surface area contributed by atoms with Crippen molar-refractivity contribution in [3.05, 3.63) is 117 Å². The number of carbonyl (C=O) groups excluding carboxylic acids is 1. The lowest BCUT2D eigenvalue weighted by atomic mass is 9.79. The molecule has 0 N–H and O–H groups in total. The quantitative estimate of drug-likeness (QED) is 0.154. The second-order valence-electron chi connectivity index (χ2n) is 6.57. The fourth-order valence-electron chi connectivity index (χ4n) is 3.27. The Morgan fingerprint density at radius 1 is 1.00 bits per heavy atom. The van der Waals surface area contributed by atoms with Gasteiger partial charge < -0.3 is 4.74 Å². The van der Waals surface area contributed by atoms with Gasteiger partial charge in [-0.1, -0.05) is 95.1 Å². The van der Waals surface area contributed by atoms with Crippen molar-refractivity contribution < 1.29 is 9.53 Å². The number of esters is 1. The lowest BCUT2D eigenvalue weighted by molar-refractivity contribution is -0.153. The van der Waals surface area contributed by atoms with Gasteiger partial charge in [-0.2, -0.15) is 0 Å². The van der Waals surface area contributed by atoms with Crippen LogP contribution in [0.25, 0.3) is 10.4 Å². The van der Waals surface area contributed by atoms with Crippen molar-refractivity contribution in [1.29, 1.82) is 0 Å². The zero-order valence-corrected chi connectivity index (χ0v) is 16.7. The zero-order valence-electron chi connectivity index (χ0n) is 16.0. The van der Waals surface area contributed by atoms with Crippen molar-refractivity contribution >= 4 is 17.6 Å². The third-order valence-corrected chi connectivity index (χ3v) is 4.97. The van der Waals surface area contributed by atoms with Crippen LogP contribution in [-0.2, 0) is 15.1 Å². The minimum absolute atomic E-state index is 0.0244. The van der Waals surface area contributed by atoms with Crippen molar-refractivity contribution in [3.63, 3.8) is 0 Å². The van der Waals surface area contributed by atoms with Crippen molar-refractivity contribution in [3.8, 4) is 0 Å². The number of nitrogens with zero attached hydrogens (tertiary/aromatic N) is 3. The van der Waals surface area contributed by atoms with E-state index < -0.39 is 11.6 Å². The van der Waals surface area contributed by atoms with Gasteiger partial charge in [-0.05, 0) is 18.5 Å². The molecule has 0 heterocycles. The molecule has 1 atom stereocenters. The van der Waals surface area contributed by atoms with Crippen LogP contribution in [0.15, 0.2) is 84.0 Å². The van der Waals surface area contributed by atoms with Crippen molar-refractivity contribution in [2.24, 2.45) is 5.11 Å². The Bertz CT molecular complexity index is 1030. The molecule has 3 aromatic rings. The fourth-order valence-corrected chi connectivity index (χ4v) is 3.53. The summed E-state index contributed by atoms with van der Waals surface area (Å²) in [5, 5.41) is 3.93. The minimum atomic E-state index is -1.24. The highest BCUT2D eigenvalue weighted by Gasteiger charge is 2.41. The van der Waals surface area contributed by atoms with Crippen molar-refractivity contribution in [2.75, 3.05) is 6.54 Å². The van der Waals surface area contributed by atoms with E-state index in [1.54, 1.807) is 6.07 Å². The van der Waals surface area contributed by atoms with Crippen LogP contribution in [0.5, 0.6) is 0 Å². The fraction of sp³-hybridized carbons (Fsp3) is 0.174. The summed E-state index contributed by atoms with van der Waals surface area (Å²) in [5.74, 6) is -0.484. The molecule has 1 unspecified atom stereocenters. The largest absolute Gasteiger partial charge is 0.444 e. The van der Waals surface area contributed by atoms with Crippen molar-refractivity contribution in [1.82, 2.24) is 0 Å². The number of aryl methyl sites for hydroxylation is 1. The Balaban J connectivity index is 2.24. The van der Waals surface area contributed by atoms with Crippen LogP contribution in [0.1, 0.15) is 28.7 Å². The maximum atomic E-state index is 12.8. The molecule has 0 saturated heterocycles. The van der Waals surface area contributed by atoms with Gasteiger partial charge in [0.15, 0.2) is 5.60 Å². The first-order chi connectivity index (χ1) is 14.1. The lowest BCUT2D eigenvalue weighted by Gasteiger charge is -2.36. The normalized spacial score (nSPS) is 12.5. The lowest BCUT2D eigenvalue weighted by Crippen LogP contribution is -2.35. The van der Waals surface area contributed by atoms with Gasteiger partial charge >= 0.3 is 5.97 Å². The molecule has 0 radical (unpaired) electrons. The predicted octanol–water partition coefficient (Wildman–Crippen LogP) is 6.18. The Morgan fingerprint density at radius 3 is 2.28 bits per heavy atom. The van der Waals surface area contributed by atoms with Gasteiger partial charge in [0.25, 0.3) is 0 Å². The van der Waals surface area contributed by atoms with E-state index >= 15 is 0 Å². The first-order valence-electron chi connectivity index (χ1n) is 9.18. The van der Waals surface area contributed by atoms with Gasteiger partial charge in [-0.15, -0.1) is 0 Å². The van der Waals surface area contributed by atoms with E-state index in [0.29, 0.717) is 10.6 Å². The van der Waals surface area contributed by atoms with Crippen LogP contribution in [0.4, 0.5) is 0 Å². The molecule has 0 aromatic heterocycles. The predicted molar refractivity (Wildman–Crippen MR) is 114 cm³/mol. The van der Waals surface area contributed by atoms with Crippen LogP contribution in [0.3, 0.4) is 0 Å². The number of halogens is 1. The summed E-state index contributed by atoms with van der Waals surface area (Å²) in [6, 6.07) is 24.6. The highest BCUT2D eigenvalue weighted by atomic mass is 35.5. The van der Waals surface area contributed by atoms with Crippen LogP contribution < -0.4 is 0 Å². The summed E-state index contributed by atoms with van der Waals surface area (Å²) in [4.78, 5) is 15.5. The van der Waals surface area contributed by atoms with Gasteiger partial charge in [0, 0.05) is 33.2 Å². The Hall–Kier alpha value is -3.27. The summed E-state index contributed by atoms with van der Waals surface area (Å²) in [6.45, 7) is 2.02. The van der Waals surface area contributed by atoms with E-state index in [0.717, 1.165) is 16.7 Å². The summed E-state index contributed by atoms with van der Waals surface area (Å²) in [7, 11) is 0. The molecule has 0 aliphatic heterocycles. The minimum Gasteiger partial charge on any atom is -0.444 e. The standard InChI is InChI=1S/C23H20ClN3O2/c1-17-11-13-19(14-12-17)23(18-7-3-2-4-8-18,20-9-5-6-10-21(20)24)29-22(28)15-16-26-27-25/h2-14H,15-16H2,1H3. The maximum Gasteiger partial charge on any atom is 0.307 e. The molecule has 3 aromatic carbocycles. The van der Waals surface area contributed by atoms with Crippen LogP contribution >= 0.6 is 11.6 Å². The maximum absolute atomic E-state index is 12.8. The summed E-state index contributed by atoms with van der Waals surface area (Å²) in [5.41, 5.74) is 10.6. The second-order valence-corrected chi connectivity index (χ2v) is 6.98. The van der Waals surface area contributed by atoms with Gasteiger partial charge in [-0.25, -0.2) is 0 Å². The number of azide groups is 1. The third-order valence-electron chi connectivity index (χ3n) is 4.64. The molecule has 3 rings (SSSR count). The molecule has 0 fully saturated rings. The number of ether oxygens (including phenoxy) is 1. The van der Waals surface area contributed by atoms with Crippen LogP contribution in [0, 0.1) is 6.92 Å². The number of hydrogen-bond donors (Lipinski definition) is 0. The van der Waals surface area contributed by atoms with E-state index in [-0.39, 0.29) is 13.0 Å². The van der Waals surface area contributed by atoms with Crippen LogP contribution in [-0.4, -0.2) is 12.5 Å². The summed E-state index contributed by atoms with van der Waals surface area (Å²) < 4.78 is 6.16. The van der Waals surface area contributed by atoms with Crippen LogP contribution in [0.2, 0.25) is 5.02 Å². The van der Waals surface area contributed by atoms with E-state index in [1.165, 1.54) is 0 Å². The highest BCUT2D eigenvalue weighted by molar-refractivity contribution is 6.31. The van der Waals surface area contributed by atoms with Gasteiger partial charge in [0.05, 0.1) is 6.42 Å². The smallest absolute Gasteiger partial charge is 0.307 e. The number of carbonyl (C=O) groups is 1. The highest BCUT2D eigenvalue weighted by Crippen LogP contribution is 2.43. The van der Waals surface area contributed by atoms with Gasteiger partial charge in [0.2, 0.25) is 0 Å². The Labute approximate surface area is 174 Å². The molecule has 0 saturated carbocycles. The molecule has 5 nitrogen and oxygen atoms in total. The first-order valence-corrected chi connectivity index (χ1v) is 9.56. The molecule has 29 heavy (non-hydrogen) atoms. The van der Waals surface area contributed by atoms with E-state index in [4.69, 9.17) is 21.9 Å². The molecule has 146 valence electrons. The first kappa shape index (κ1) is 20.5. The Kier molecular flexibility index (Phi) is 6.55. The third kappa shape index (κ3) is 4.43. The monoisotopic (exact) mass is 405 g/mol. The SMILES string of the molecule is Cc1ccc(C(OC(=O)CCN=[N+]=[N-])(c2ccccc2)c2ccccc2Cl)cc1. The van der Waals surface area contributed by atoms with Gasteiger partial charge in [0.1, 0.15) is 0 Å². The Morgan fingerprint density at radius 2 is 1.62 bits per heavy atom. The molecular weight excluding hydrogens is 386 g/mol. The molecule has 0 aliphatic carbocycles. The average Bonchev–Trinajstić information content (AvgIpc) is 2.74. The molecular formula is C23H20ClN3O2. The average molecular weight is 406 g/mol. The molecule has 0 aliphatic rings. The van der Waals surface area contributed by atoms with E-state index in [1.807, 2.05) is 79.7 Å². The van der Waals surface area contributed by atoms with Gasteiger partial charge in [-0.3, -0.25) is 4.79 Å². The summed E-state index contributed by atoms with van der Waals surface area (Å²) in [6.07, 6.45) is -0.0328. The topological polar surface area (TPSA) is 75.1 Å². The molecule has 0 amide bonds. The zero-order chi connectivity index (χ0) is 20.7. The summed E-state index contributed by atoms with van der Waals surface area (Å²) >= 11 is 6.59. The molecule has 0 spiro atoms. The molecule has 6 heteroatoms. The second kappa shape index (κ2) is 9.28. The molecule has 0 bridgehead atoms. The number of benzene rings is 3. The van der Waals surface area contributed by atoms with Crippen molar-refractivity contribution in [2.45, 2.75) is 18.9 Å². The number of hydrogen-bond acceptors (Lipinski definition) is 3. The number of rotatable bonds is 7. The van der Waals surface area contributed by atoms with E-state index in [9.17, 15) is 4.79 Å².